The fourth-order valence-electron chi connectivity index (χ4n) is 4.18. The number of nitrogens with zero attached hydrogens (tertiary/aromatic N) is 2. The number of rotatable bonds is 5. The van der Waals surface area contributed by atoms with Gasteiger partial charge in [0.2, 0.25) is 23.8 Å². The van der Waals surface area contributed by atoms with Crippen molar-refractivity contribution < 1.29 is 24.0 Å². The third-order valence-electron chi connectivity index (χ3n) is 5.67. The van der Waals surface area contributed by atoms with E-state index in [1.807, 2.05) is 13.8 Å². The first-order chi connectivity index (χ1) is 14.2. The summed E-state index contributed by atoms with van der Waals surface area (Å²) in [6, 6.07) is 11.4. The highest BCUT2D eigenvalue weighted by atomic mass is 16.6. The topological polar surface area (TPSA) is 107 Å². The van der Waals surface area contributed by atoms with Gasteiger partial charge < -0.3 is 4.74 Å². The van der Waals surface area contributed by atoms with Crippen LogP contribution in [0.1, 0.15) is 39.9 Å². The van der Waals surface area contributed by atoms with Crippen LogP contribution >= 0.6 is 0 Å². The molecule has 0 unspecified atom stereocenters. The third-order valence-corrected chi connectivity index (χ3v) is 5.67. The average molecular weight is 410 g/mol. The van der Waals surface area contributed by atoms with Crippen LogP contribution in [-0.2, 0) is 14.3 Å². The number of ketones is 1. The summed E-state index contributed by atoms with van der Waals surface area (Å²) >= 11 is 0. The fraction of sp³-hybridized carbons (Fsp3) is 0.318. The minimum atomic E-state index is -2.21. The molecule has 0 bridgehead atoms. The van der Waals surface area contributed by atoms with Crippen molar-refractivity contribution in [2.24, 2.45) is 0 Å². The van der Waals surface area contributed by atoms with Crippen LogP contribution in [0.25, 0.3) is 0 Å². The number of hydrogen-bond donors (Lipinski definition) is 0. The second kappa shape index (κ2) is 7.70. The van der Waals surface area contributed by atoms with Crippen molar-refractivity contribution in [2.75, 3.05) is 18.6 Å². The Kier molecular flexibility index (Phi) is 5.43. The number of nitro groups is 1. The number of methoxy groups -OCH3 is 1. The Hall–Kier alpha value is -3.55. The summed E-state index contributed by atoms with van der Waals surface area (Å²) in [5, 5.41) is 11.6. The van der Waals surface area contributed by atoms with Gasteiger partial charge in [-0.2, -0.15) is 0 Å². The first-order valence-electron chi connectivity index (χ1n) is 9.38. The molecule has 2 aromatic carbocycles. The van der Waals surface area contributed by atoms with Crippen LogP contribution in [0.3, 0.4) is 0 Å². The lowest BCUT2D eigenvalue weighted by Crippen LogP contribution is -2.63. The van der Waals surface area contributed by atoms with Crippen molar-refractivity contribution in [1.29, 1.82) is 0 Å². The number of Topliss-reactive ketones (excluding diaryl/α,β-unsaturated/α-hetero) is 1. The van der Waals surface area contributed by atoms with Gasteiger partial charge in [-0.15, -0.1) is 0 Å². The Balaban J connectivity index is 2.38. The molecule has 1 aliphatic heterocycles. The molecular formula is C22H22N2O6. The number of benzene rings is 2. The number of ether oxygens (including phenoxy) is 1. The summed E-state index contributed by atoms with van der Waals surface area (Å²) in [6.45, 7) is 4.20. The maximum Gasteiger partial charge on any atom is 0.341 e. The van der Waals surface area contributed by atoms with Crippen LogP contribution < -0.4 is 4.90 Å². The molecule has 0 spiro atoms. The monoisotopic (exact) mass is 410 g/mol. The van der Waals surface area contributed by atoms with E-state index in [0.717, 1.165) is 23.1 Å². The molecule has 0 aromatic heterocycles. The summed E-state index contributed by atoms with van der Waals surface area (Å²) in [7, 11) is 1.10. The maximum atomic E-state index is 13.7. The Morgan fingerprint density at radius 2 is 1.83 bits per heavy atom. The fourth-order valence-corrected chi connectivity index (χ4v) is 4.18. The third kappa shape index (κ3) is 3.04. The minimum absolute atomic E-state index is 0.148. The zero-order valence-electron chi connectivity index (χ0n) is 17.2. The van der Waals surface area contributed by atoms with Gasteiger partial charge in [-0.3, -0.25) is 24.6 Å². The number of hydrogen-bond acceptors (Lipinski definition) is 6. The Labute approximate surface area is 173 Å². The zero-order chi connectivity index (χ0) is 22.2. The molecule has 1 aliphatic rings. The lowest BCUT2D eigenvalue weighted by atomic mass is 9.74. The molecule has 1 heterocycles. The van der Waals surface area contributed by atoms with Crippen LogP contribution in [0.4, 0.5) is 5.69 Å². The molecule has 3 rings (SSSR count). The number of carbonyl (C=O) groups is 3. The number of fused-ring (bicyclic) bond motifs is 1. The van der Waals surface area contributed by atoms with E-state index >= 15 is 0 Å². The van der Waals surface area contributed by atoms with Gasteiger partial charge in [0.25, 0.3) is 0 Å². The second-order valence-corrected chi connectivity index (χ2v) is 7.37. The summed E-state index contributed by atoms with van der Waals surface area (Å²) in [5.74, 6) is -3.53. The number of anilines is 1. The molecule has 30 heavy (non-hydrogen) atoms. The van der Waals surface area contributed by atoms with E-state index in [1.165, 1.54) is 13.0 Å². The summed E-state index contributed by atoms with van der Waals surface area (Å²) in [6.07, 6.45) is 0. The predicted molar refractivity (Wildman–Crippen MR) is 109 cm³/mol. The molecule has 0 saturated carbocycles. The van der Waals surface area contributed by atoms with E-state index in [4.69, 9.17) is 4.74 Å². The molecule has 0 N–H and O–H groups in total. The maximum absolute atomic E-state index is 13.7. The molecule has 2 aromatic rings. The predicted octanol–water partition coefficient (Wildman–Crippen LogP) is 2.82. The molecule has 0 aliphatic carbocycles. The smallest absolute Gasteiger partial charge is 0.341 e. The van der Waals surface area contributed by atoms with Gasteiger partial charge in [0.05, 0.1) is 18.7 Å². The highest BCUT2D eigenvalue weighted by Gasteiger charge is 2.65. The highest BCUT2D eigenvalue weighted by molar-refractivity contribution is 6.30. The lowest BCUT2D eigenvalue weighted by Gasteiger charge is -2.38. The van der Waals surface area contributed by atoms with Gasteiger partial charge in [0.1, 0.15) is 0 Å². The number of esters is 1. The molecule has 8 heteroatoms. The van der Waals surface area contributed by atoms with E-state index in [9.17, 15) is 24.5 Å². The number of para-hydroxylation sites is 1. The summed E-state index contributed by atoms with van der Waals surface area (Å²) < 4.78 is 4.98. The molecule has 0 radical (unpaired) electrons. The molecule has 8 nitrogen and oxygen atoms in total. The van der Waals surface area contributed by atoms with Crippen molar-refractivity contribution in [2.45, 2.75) is 32.2 Å². The number of amides is 1. The molecular weight excluding hydrogens is 388 g/mol. The minimum Gasteiger partial charge on any atom is -0.467 e. The Morgan fingerprint density at radius 3 is 2.40 bits per heavy atom. The van der Waals surface area contributed by atoms with Crippen molar-refractivity contribution in [1.82, 2.24) is 0 Å². The Bertz CT molecular complexity index is 1060. The normalized spacial score (nSPS) is 18.7. The van der Waals surface area contributed by atoms with Gasteiger partial charge in [-0.25, -0.2) is 4.79 Å². The molecule has 1 amide bonds. The second-order valence-electron chi connectivity index (χ2n) is 7.37. The summed E-state index contributed by atoms with van der Waals surface area (Å²) in [4.78, 5) is 51.7. The molecule has 156 valence electrons. The van der Waals surface area contributed by atoms with Crippen molar-refractivity contribution in [3.63, 3.8) is 0 Å². The van der Waals surface area contributed by atoms with E-state index in [2.05, 4.69) is 0 Å². The standard InChI is InChI=1S/C22H22N2O6/c1-13-9-10-16(11-14(13)2)18(12-23(28)29)22(21(27)30-4)20(26)17-7-5-6-8-19(17)24(22)15(3)25/h5-11,18H,12H2,1-4H3/t18-,22+/m1/s1. The van der Waals surface area contributed by atoms with Crippen LogP contribution in [0, 0.1) is 24.0 Å². The van der Waals surface area contributed by atoms with E-state index in [1.54, 1.807) is 36.4 Å². The van der Waals surface area contributed by atoms with E-state index in [-0.39, 0.29) is 11.3 Å². The van der Waals surface area contributed by atoms with E-state index < -0.39 is 40.6 Å². The van der Waals surface area contributed by atoms with Gasteiger partial charge in [-0.1, -0.05) is 30.3 Å². The number of carbonyl (C=O) groups excluding carboxylic acids is 3. The SMILES string of the molecule is COC(=O)[C@]1([C@H](C[N+](=O)[O-])c2ccc(C)c(C)c2)C(=O)c2ccccc2N1C(C)=O. The average Bonchev–Trinajstić information content (AvgIpc) is 2.97. The largest absolute Gasteiger partial charge is 0.467 e. The first kappa shape index (κ1) is 21.2. The van der Waals surface area contributed by atoms with Crippen LogP contribution in [0.15, 0.2) is 42.5 Å². The van der Waals surface area contributed by atoms with Crippen LogP contribution in [-0.4, -0.2) is 41.8 Å². The summed E-state index contributed by atoms with van der Waals surface area (Å²) in [5.41, 5.74) is 0.382. The number of aryl methyl sites for hydroxylation is 2. The van der Waals surface area contributed by atoms with Crippen molar-refractivity contribution in [3.8, 4) is 0 Å². The van der Waals surface area contributed by atoms with Gasteiger partial charge in [-0.05, 0) is 42.7 Å². The van der Waals surface area contributed by atoms with E-state index in [0.29, 0.717) is 5.56 Å². The molecule has 0 fully saturated rings. The quantitative estimate of drug-likeness (QED) is 0.325. The lowest BCUT2D eigenvalue weighted by molar-refractivity contribution is -0.484. The van der Waals surface area contributed by atoms with Crippen LogP contribution in [0.2, 0.25) is 0 Å². The molecule has 2 atom stereocenters. The van der Waals surface area contributed by atoms with Crippen LogP contribution in [0.5, 0.6) is 0 Å². The first-order valence-corrected chi connectivity index (χ1v) is 9.38. The van der Waals surface area contributed by atoms with Crippen molar-refractivity contribution >= 4 is 23.3 Å². The molecule has 0 saturated heterocycles. The Morgan fingerprint density at radius 1 is 1.17 bits per heavy atom. The van der Waals surface area contributed by atoms with Gasteiger partial charge >= 0.3 is 5.97 Å². The van der Waals surface area contributed by atoms with Gasteiger partial charge in [0.15, 0.2) is 0 Å². The van der Waals surface area contributed by atoms with Crippen molar-refractivity contribution in [3.05, 3.63) is 74.8 Å². The zero-order valence-corrected chi connectivity index (χ0v) is 17.2. The van der Waals surface area contributed by atoms with Gasteiger partial charge in [0, 0.05) is 17.4 Å². The highest BCUT2D eigenvalue weighted by Crippen LogP contribution is 2.47.